The molecule has 1 aromatic carbocycles. The Morgan fingerprint density at radius 2 is 2.05 bits per heavy atom. The average molecular weight is 309 g/mol. The predicted octanol–water partition coefficient (Wildman–Crippen LogP) is 2.26. The lowest BCUT2D eigenvalue weighted by Crippen LogP contribution is -2.46. The summed E-state index contributed by atoms with van der Waals surface area (Å²) in [4.78, 5) is 20.1. The van der Waals surface area contributed by atoms with Gasteiger partial charge in [0.25, 0.3) is 0 Å². The number of carbonyl (C=O) groups excluding carboxylic acids is 1. The molecule has 1 aromatic rings. The van der Waals surface area contributed by atoms with E-state index in [0.717, 1.165) is 5.56 Å². The minimum absolute atomic E-state index is 0.0296. The molecule has 1 fully saturated rings. The number of hydrogen-bond acceptors (Lipinski definition) is 4. The molecule has 0 N–H and O–H groups in total. The van der Waals surface area contributed by atoms with Crippen LogP contribution in [-0.2, 0) is 14.4 Å². The molecule has 0 unspecified atom stereocenters. The fourth-order valence-electron chi connectivity index (χ4n) is 2.71. The number of halogens is 1. The summed E-state index contributed by atoms with van der Waals surface area (Å²) in [6.07, 6.45) is -0.450. The first kappa shape index (κ1) is 14.4. The van der Waals surface area contributed by atoms with Gasteiger partial charge in [-0.2, -0.15) is 0 Å². The quantitative estimate of drug-likeness (QED) is 0.842. The van der Waals surface area contributed by atoms with Gasteiger partial charge in [0.2, 0.25) is 5.91 Å². The second kappa shape index (κ2) is 6.03. The van der Waals surface area contributed by atoms with Crippen molar-refractivity contribution in [2.75, 3.05) is 26.3 Å². The van der Waals surface area contributed by atoms with Crippen LogP contribution >= 0.6 is 11.6 Å². The summed E-state index contributed by atoms with van der Waals surface area (Å²) in [5.74, 6) is -0.384. The van der Waals surface area contributed by atoms with Crippen molar-refractivity contribution in [3.8, 4) is 0 Å². The number of hydrogen-bond donors (Lipinski definition) is 0. The first-order chi connectivity index (χ1) is 10.2. The summed E-state index contributed by atoms with van der Waals surface area (Å²) < 4.78 is 5.29. The first-order valence-electron chi connectivity index (χ1n) is 7.00. The van der Waals surface area contributed by atoms with Gasteiger partial charge in [-0.05, 0) is 13.0 Å². The van der Waals surface area contributed by atoms with Crippen molar-refractivity contribution in [1.82, 2.24) is 4.90 Å². The molecule has 3 rings (SSSR count). The number of amides is 1. The second-order valence-electron chi connectivity index (χ2n) is 5.20. The van der Waals surface area contributed by atoms with Gasteiger partial charge in [0.1, 0.15) is 5.92 Å². The van der Waals surface area contributed by atoms with Gasteiger partial charge in [0.05, 0.1) is 18.9 Å². The molecule has 0 saturated carbocycles. The van der Waals surface area contributed by atoms with Crippen LogP contribution in [0.2, 0.25) is 5.02 Å². The highest BCUT2D eigenvalue weighted by Crippen LogP contribution is 2.37. The molecule has 6 heteroatoms. The van der Waals surface area contributed by atoms with Gasteiger partial charge in [-0.25, -0.2) is 0 Å². The standard InChI is InChI=1S/C15H17ClN2O3/c1-10-13(15(19)18-6-8-20-9-7-18)14(21-17-10)11-4-2-3-5-12(11)16/h2-5,13-14H,6-9H2,1H3/t13-,14+/m1/s1. The van der Waals surface area contributed by atoms with Crippen molar-refractivity contribution in [2.24, 2.45) is 11.1 Å². The lowest BCUT2D eigenvalue weighted by Gasteiger charge is -2.30. The molecule has 0 radical (unpaired) electrons. The van der Waals surface area contributed by atoms with Crippen molar-refractivity contribution < 1.29 is 14.4 Å². The van der Waals surface area contributed by atoms with Crippen LogP contribution in [0.25, 0.3) is 0 Å². The monoisotopic (exact) mass is 308 g/mol. The highest BCUT2D eigenvalue weighted by molar-refractivity contribution is 6.31. The molecular formula is C15H17ClN2O3. The van der Waals surface area contributed by atoms with E-state index in [0.29, 0.717) is 37.0 Å². The van der Waals surface area contributed by atoms with Crippen LogP contribution in [0.4, 0.5) is 0 Å². The van der Waals surface area contributed by atoms with E-state index in [1.807, 2.05) is 30.0 Å². The zero-order valence-electron chi connectivity index (χ0n) is 11.8. The Labute approximate surface area is 128 Å². The van der Waals surface area contributed by atoms with E-state index in [-0.39, 0.29) is 5.91 Å². The van der Waals surface area contributed by atoms with Gasteiger partial charge < -0.3 is 14.5 Å². The summed E-state index contributed by atoms with van der Waals surface area (Å²) in [5, 5.41) is 4.60. The smallest absolute Gasteiger partial charge is 0.235 e. The third-order valence-electron chi connectivity index (χ3n) is 3.86. The highest BCUT2D eigenvalue weighted by Gasteiger charge is 2.41. The van der Waals surface area contributed by atoms with Crippen LogP contribution in [0.3, 0.4) is 0 Å². The molecule has 1 saturated heterocycles. The van der Waals surface area contributed by atoms with Gasteiger partial charge in [0, 0.05) is 23.7 Å². The molecule has 0 aromatic heterocycles. The molecule has 0 bridgehead atoms. The summed E-state index contributed by atoms with van der Waals surface area (Å²) in [6, 6.07) is 7.41. The number of nitrogens with zero attached hydrogens (tertiary/aromatic N) is 2. The van der Waals surface area contributed by atoms with Crippen molar-refractivity contribution in [3.05, 3.63) is 34.9 Å². The molecule has 1 amide bonds. The van der Waals surface area contributed by atoms with Gasteiger partial charge in [-0.15, -0.1) is 0 Å². The molecule has 21 heavy (non-hydrogen) atoms. The van der Waals surface area contributed by atoms with Crippen LogP contribution in [0.5, 0.6) is 0 Å². The lowest BCUT2D eigenvalue weighted by atomic mass is 9.91. The fraction of sp³-hybridized carbons (Fsp3) is 0.467. The second-order valence-corrected chi connectivity index (χ2v) is 5.60. The Hall–Kier alpha value is -1.59. The van der Waals surface area contributed by atoms with E-state index < -0.39 is 12.0 Å². The molecule has 2 aliphatic heterocycles. The summed E-state index contributed by atoms with van der Waals surface area (Å²) >= 11 is 6.23. The minimum atomic E-state index is -0.450. The molecule has 0 aliphatic carbocycles. The summed E-state index contributed by atoms with van der Waals surface area (Å²) in [5.41, 5.74) is 1.49. The Morgan fingerprint density at radius 1 is 1.33 bits per heavy atom. The number of ether oxygens (including phenoxy) is 1. The van der Waals surface area contributed by atoms with Gasteiger partial charge in [0.15, 0.2) is 6.10 Å². The van der Waals surface area contributed by atoms with Gasteiger partial charge in [-0.3, -0.25) is 4.79 Å². The molecule has 5 nitrogen and oxygen atoms in total. The van der Waals surface area contributed by atoms with E-state index in [1.54, 1.807) is 6.07 Å². The zero-order valence-corrected chi connectivity index (χ0v) is 12.5. The maximum atomic E-state index is 12.8. The maximum Gasteiger partial charge on any atom is 0.235 e. The third-order valence-corrected chi connectivity index (χ3v) is 4.21. The number of rotatable bonds is 2. The number of oxime groups is 1. The van der Waals surface area contributed by atoms with Crippen molar-refractivity contribution >= 4 is 23.2 Å². The molecule has 0 spiro atoms. The zero-order chi connectivity index (χ0) is 14.8. The fourth-order valence-corrected chi connectivity index (χ4v) is 2.95. The number of morpholine rings is 1. The van der Waals surface area contributed by atoms with Crippen LogP contribution in [-0.4, -0.2) is 42.8 Å². The maximum absolute atomic E-state index is 12.8. The molecule has 2 atom stereocenters. The normalized spacial score (nSPS) is 25.4. The van der Waals surface area contributed by atoms with E-state index in [2.05, 4.69) is 5.16 Å². The van der Waals surface area contributed by atoms with Crippen LogP contribution in [0.1, 0.15) is 18.6 Å². The largest absolute Gasteiger partial charge is 0.386 e. The van der Waals surface area contributed by atoms with Crippen molar-refractivity contribution in [1.29, 1.82) is 0 Å². The highest BCUT2D eigenvalue weighted by atomic mass is 35.5. The van der Waals surface area contributed by atoms with Crippen molar-refractivity contribution in [2.45, 2.75) is 13.0 Å². The predicted molar refractivity (Wildman–Crippen MR) is 79.3 cm³/mol. The Kier molecular flexibility index (Phi) is 4.12. The van der Waals surface area contributed by atoms with E-state index in [4.69, 9.17) is 21.2 Å². The van der Waals surface area contributed by atoms with E-state index >= 15 is 0 Å². The van der Waals surface area contributed by atoms with Crippen molar-refractivity contribution in [3.63, 3.8) is 0 Å². The average Bonchev–Trinajstić information content (AvgIpc) is 2.89. The van der Waals surface area contributed by atoms with Crippen LogP contribution < -0.4 is 0 Å². The number of benzene rings is 1. The first-order valence-corrected chi connectivity index (χ1v) is 7.37. The topological polar surface area (TPSA) is 51.1 Å². The summed E-state index contributed by atoms with van der Waals surface area (Å²) in [7, 11) is 0. The minimum Gasteiger partial charge on any atom is -0.386 e. The lowest BCUT2D eigenvalue weighted by molar-refractivity contribution is -0.140. The Morgan fingerprint density at radius 3 is 2.76 bits per heavy atom. The molecule has 112 valence electrons. The Bertz CT molecular complexity index is 570. The number of carbonyl (C=O) groups is 1. The van der Waals surface area contributed by atoms with Gasteiger partial charge >= 0.3 is 0 Å². The molecule has 2 heterocycles. The van der Waals surface area contributed by atoms with E-state index in [9.17, 15) is 4.79 Å². The molecular weight excluding hydrogens is 292 g/mol. The SMILES string of the molecule is CC1=NO[C@@H](c2ccccc2Cl)[C@@H]1C(=O)N1CCOCC1. The van der Waals surface area contributed by atoms with Crippen LogP contribution in [0.15, 0.2) is 29.4 Å². The van der Waals surface area contributed by atoms with E-state index in [1.165, 1.54) is 0 Å². The molecule has 2 aliphatic rings. The van der Waals surface area contributed by atoms with Gasteiger partial charge in [-0.1, -0.05) is 35.0 Å². The summed E-state index contributed by atoms with van der Waals surface area (Å²) in [6.45, 7) is 4.19. The third kappa shape index (κ3) is 2.76. The van der Waals surface area contributed by atoms with Crippen LogP contribution in [0, 0.1) is 5.92 Å². The Balaban J connectivity index is 1.85.